The molecule has 2 rings (SSSR count). The van der Waals surface area contributed by atoms with Crippen LogP contribution in [0.15, 0.2) is 0 Å². The summed E-state index contributed by atoms with van der Waals surface area (Å²) in [7, 11) is 0. The van der Waals surface area contributed by atoms with Crippen molar-refractivity contribution in [3.05, 3.63) is 5.28 Å². The van der Waals surface area contributed by atoms with E-state index in [2.05, 4.69) is 27.2 Å². The Morgan fingerprint density at radius 2 is 2.07 bits per heavy atom. The van der Waals surface area contributed by atoms with Gasteiger partial charge in [0.15, 0.2) is 0 Å². The quantitative estimate of drug-likeness (QED) is 0.775. The van der Waals surface area contributed by atoms with E-state index in [1.165, 1.54) is 0 Å². The third-order valence-electron chi connectivity index (χ3n) is 2.33. The van der Waals surface area contributed by atoms with E-state index in [1.54, 1.807) is 0 Å². The first-order chi connectivity index (χ1) is 6.63. The van der Waals surface area contributed by atoms with Crippen LogP contribution in [0, 0.1) is 5.92 Å². The number of hydrogen-bond donors (Lipinski definition) is 2. The van der Waals surface area contributed by atoms with Crippen LogP contribution in [-0.2, 0) is 0 Å². The molecule has 1 heterocycles. The molecule has 5 nitrogen and oxygen atoms in total. The third-order valence-corrected chi connectivity index (χ3v) is 2.50. The van der Waals surface area contributed by atoms with Crippen LogP contribution in [0.25, 0.3) is 0 Å². The van der Waals surface area contributed by atoms with Crippen molar-refractivity contribution < 1.29 is 0 Å². The molecule has 0 aliphatic heterocycles. The topological polar surface area (TPSA) is 76.7 Å². The van der Waals surface area contributed by atoms with Crippen LogP contribution in [0.1, 0.15) is 19.8 Å². The molecule has 0 unspecified atom stereocenters. The Morgan fingerprint density at radius 1 is 1.36 bits per heavy atom. The van der Waals surface area contributed by atoms with Crippen LogP contribution in [-0.4, -0.2) is 21.0 Å². The van der Waals surface area contributed by atoms with Gasteiger partial charge in [0.2, 0.25) is 17.2 Å². The maximum absolute atomic E-state index is 5.64. The van der Waals surface area contributed by atoms with Crippen molar-refractivity contribution in [2.45, 2.75) is 25.8 Å². The summed E-state index contributed by atoms with van der Waals surface area (Å²) in [6, 6.07) is 0.447. The van der Waals surface area contributed by atoms with Crippen molar-refractivity contribution in [2.24, 2.45) is 5.92 Å². The van der Waals surface area contributed by atoms with Crippen molar-refractivity contribution in [2.75, 3.05) is 11.1 Å². The van der Waals surface area contributed by atoms with E-state index < -0.39 is 0 Å². The maximum Gasteiger partial charge on any atom is 0.229 e. The highest BCUT2D eigenvalue weighted by Crippen LogP contribution is 2.28. The first-order valence-corrected chi connectivity index (χ1v) is 4.95. The molecule has 1 aliphatic rings. The molecule has 0 atom stereocenters. The summed E-state index contributed by atoms with van der Waals surface area (Å²) in [5, 5.41) is 3.30. The van der Waals surface area contributed by atoms with E-state index in [9.17, 15) is 0 Å². The smallest absolute Gasteiger partial charge is 0.229 e. The second-order valence-corrected chi connectivity index (χ2v) is 4.04. The minimum atomic E-state index is 0.132. The van der Waals surface area contributed by atoms with Crippen molar-refractivity contribution >= 4 is 23.5 Å². The number of nitrogens with zero attached hydrogens (tertiary/aromatic N) is 3. The predicted molar refractivity (Wildman–Crippen MR) is 55.1 cm³/mol. The Balaban J connectivity index is 2.02. The van der Waals surface area contributed by atoms with Crippen LogP contribution < -0.4 is 11.1 Å². The fraction of sp³-hybridized carbons (Fsp3) is 0.625. The molecule has 1 aromatic rings. The molecule has 0 radical (unpaired) electrons. The number of nitrogens with one attached hydrogen (secondary N) is 1. The average molecular weight is 214 g/mol. The maximum atomic E-state index is 5.64. The molecule has 76 valence electrons. The number of anilines is 2. The molecule has 0 saturated heterocycles. The van der Waals surface area contributed by atoms with Crippen molar-refractivity contribution in [1.82, 2.24) is 15.0 Å². The standard InChI is InChI=1S/C8H12ClN5/c1-4-2-5(3-4)11-8-13-6(9)12-7(10)14-8/h4-5H,2-3H2,1H3,(H3,10,11,12,13,14). The number of nitrogens with two attached hydrogens (primary N) is 1. The van der Waals surface area contributed by atoms with E-state index >= 15 is 0 Å². The second kappa shape index (κ2) is 3.57. The Kier molecular flexibility index (Phi) is 2.41. The van der Waals surface area contributed by atoms with Crippen molar-refractivity contribution in [3.63, 3.8) is 0 Å². The fourth-order valence-corrected chi connectivity index (χ4v) is 1.80. The zero-order valence-electron chi connectivity index (χ0n) is 7.87. The first kappa shape index (κ1) is 9.45. The van der Waals surface area contributed by atoms with E-state index in [4.69, 9.17) is 17.3 Å². The molecule has 1 aliphatic carbocycles. The van der Waals surface area contributed by atoms with Gasteiger partial charge in [-0.15, -0.1) is 0 Å². The lowest BCUT2D eigenvalue weighted by molar-refractivity contribution is 0.308. The Morgan fingerprint density at radius 3 is 2.64 bits per heavy atom. The minimum Gasteiger partial charge on any atom is -0.368 e. The minimum absolute atomic E-state index is 0.132. The van der Waals surface area contributed by atoms with Crippen LogP contribution in [0.3, 0.4) is 0 Å². The summed E-state index contributed by atoms with van der Waals surface area (Å²) < 4.78 is 0. The summed E-state index contributed by atoms with van der Waals surface area (Å²) in [4.78, 5) is 11.6. The number of aromatic nitrogens is 3. The van der Waals surface area contributed by atoms with Crippen LogP contribution >= 0.6 is 11.6 Å². The largest absolute Gasteiger partial charge is 0.368 e. The molecule has 1 saturated carbocycles. The molecule has 0 amide bonds. The molecular formula is C8H12ClN5. The highest BCUT2D eigenvalue weighted by Gasteiger charge is 2.25. The lowest BCUT2D eigenvalue weighted by Gasteiger charge is -2.33. The summed E-state index contributed by atoms with van der Waals surface area (Å²) in [5.41, 5.74) is 5.44. The second-order valence-electron chi connectivity index (χ2n) is 3.70. The van der Waals surface area contributed by atoms with Crippen molar-refractivity contribution in [3.8, 4) is 0 Å². The van der Waals surface area contributed by atoms with Gasteiger partial charge in [-0.25, -0.2) is 0 Å². The molecule has 6 heteroatoms. The SMILES string of the molecule is CC1CC(Nc2nc(N)nc(Cl)n2)C1. The highest BCUT2D eigenvalue weighted by atomic mass is 35.5. The molecule has 0 spiro atoms. The monoisotopic (exact) mass is 213 g/mol. The Bertz CT molecular complexity index is 316. The summed E-state index contributed by atoms with van der Waals surface area (Å²) in [5.74, 6) is 1.40. The molecule has 0 aromatic carbocycles. The molecule has 0 bridgehead atoms. The number of nitrogen functional groups attached to an aromatic ring is 1. The number of rotatable bonds is 2. The van der Waals surface area contributed by atoms with Crippen LogP contribution in [0.4, 0.5) is 11.9 Å². The van der Waals surface area contributed by atoms with Gasteiger partial charge in [0.1, 0.15) is 0 Å². The lowest BCUT2D eigenvalue weighted by Crippen LogP contribution is -2.34. The predicted octanol–water partition coefficient (Wildman–Crippen LogP) is 1.32. The van der Waals surface area contributed by atoms with E-state index in [1.807, 2.05) is 0 Å². The average Bonchev–Trinajstić information content (AvgIpc) is 1.99. The zero-order valence-corrected chi connectivity index (χ0v) is 8.62. The summed E-state index contributed by atoms with van der Waals surface area (Å²) in [6.07, 6.45) is 2.28. The van der Waals surface area contributed by atoms with Gasteiger partial charge in [0.05, 0.1) is 0 Å². The van der Waals surface area contributed by atoms with E-state index in [-0.39, 0.29) is 11.2 Å². The third kappa shape index (κ3) is 2.04. The van der Waals surface area contributed by atoms with Gasteiger partial charge >= 0.3 is 0 Å². The molecule has 1 fully saturated rings. The van der Waals surface area contributed by atoms with Crippen molar-refractivity contribution in [1.29, 1.82) is 0 Å². The van der Waals surface area contributed by atoms with E-state index in [0.29, 0.717) is 12.0 Å². The van der Waals surface area contributed by atoms with Gasteiger partial charge in [-0.1, -0.05) is 6.92 Å². The van der Waals surface area contributed by atoms with Crippen LogP contribution in [0.2, 0.25) is 5.28 Å². The fourth-order valence-electron chi connectivity index (χ4n) is 1.63. The van der Waals surface area contributed by atoms with E-state index in [0.717, 1.165) is 18.8 Å². The lowest BCUT2D eigenvalue weighted by atomic mass is 9.82. The molecule has 1 aromatic heterocycles. The number of halogens is 1. The first-order valence-electron chi connectivity index (χ1n) is 4.57. The van der Waals surface area contributed by atoms with Gasteiger partial charge in [0, 0.05) is 6.04 Å². The summed E-state index contributed by atoms with van der Waals surface area (Å²) >= 11 is 5.64. The number of hydrogen-bond acceptors (Lipinski definition) is 5. The highest BCUT2D eigenvalue weighted by molar-refractivity contribution is 6.28. The van der Waals surface area contributed by atoms with Gasteiger partial charge < -0.3 is 11.1 Å². The van der Waals surface area contributed by atoms with Gasteiger partial charge in [-0.3, -0.25) is 0 Å². The molecule has 3 N–H and O–H groups in total. The Hall–Kier alpha value is -1.10. The summed E-state index contributed by atoms with van der Waals surface area (Å²) in [6.45, 7) is 2.22. The molecule has 14 heavy (non-hydrogen) atoms. The van der Waals surface area contributed by atoms with Gasteiger partial charge in [0.25, 0.3) is 0 Å². The molecular weight excluding hydrogens is 202 g/mol. The van der Waals surface area contributed by atoms with Gasteiger partial charge in [-0.2, -0.15) is 15.0 Å². The normalized spacial score (nSPS) is 25.6. The zero-order chi connectivity index (χ0) is 10.1. The van der Waals surface area contributed by atoms with Gasteiger partial charge in [-0.05, 0) is 30.4 Å². The Labute approximate surface area is 87.1 Å². The van der Waals surface area contributed by atoms with Crippen LogP contribution in [0.5, 0.6) is 0 Å².